The van der Waals surface area contributed by atoms with Gasteiger partial charge in [0.25, 0.3) is 0 Å². The average Bonchev–Trinajstić information content (AvgIpc) is 2.66. The van der Waals surface area contributed by atoms with E-state index in [-0.39, 0.29) is 6.42 Å². The van der Waals surface area contributed by atoms with Crippen LogP contribution in [-0.4, -0.2) is 58.9 Å². The number of rotatable bonds is 11. The van der Waals surface area contributed by atoms with Crippen molar-refractivity contribution in [2.75, 3.05) is 13.2 Å². The zero-order chi connectivity index (χ0) is 23.4. The molecule has 10 nitrogen and oxygen atoms in total. The van der Waals surface area contributed by atoms with Gasteiger partial charge in [0.1, 0.15) is 17.4 Å². The molecular formula is C21H30N2O8. The van der Waals surface area contributed by atoms with Crippen LogP contribution in [0.3, 0.4) is 0 Å². The number of benzene rings is 1. The van der Waals surface area contributed by atoms with Crippen LogP contribution < -0.4 is 15.4 Å². The topological polar surface area (TPSA) is 151 Å². The maximum atomic E-state index is 11.5. The molecule has 0 saturated carbocycles. The highest BCUT2D eigenvalue weighted by molar-refractivity contribution is 6.31. The standard InChI is InChI=1S/C21H30N2O8/c1-21(2,3)31-20(29)22-11-5-4-6-12-30-15-9-7-14(8-10-15)13-16(18(25)26)23-17(24)19(27)28/h7-10,16H,4-6,11-13H2,1-3H3,(H,22,29)(H,23,24)(H,25,26)(H,27,28)/t16-/m1/s1. The second-order valence-electron chi connectivity index (χ2n) is 7.86. The molecule has 2 amide bonds. The molecule has 1 atom stereocenters. The maximum absolute atomic E-state index is 11.5. The zero-order valence-electron chi connectivity index (χ0n) is 18.0. The minimum Gasteiger partial charge on any atom is -0.494 e. The van der Waals surface area contributed by atoms with E-state index in [1.807, 2.05) is 5.32 Å². The molecule has 0 aliphatic rings. The molecule has 0 saturated heterocycles. The normalized spacial score (nSPS) is 11.8. The van der Waals surface area contributed by atoms with Crippen LogP contribution in [0.4, 0.5) is 4.79 Å². The van der Waals surface area contributed by atoms with Crippen molar-refractivity contribution in [3.05, 3.63) is 29.8 Å². The summed E-state index contributed by atoms with van der Waals surface area (Å²) in [4.78, 5) is 44.5. The lowest BCUT2D eigenvalue weighted by Crippen LogP contribution is -2.45. The number of nitrogens with one attached hydrogen (secondary N) is 2. The van der Waals surface area contributed by atoms with Gasteiger partial charge in [0, 0.05) is 13.0 Å². The van der Waals surface area contributed by atoms with Crippen molar-refractivity contribution in [2.45, 2.75) is 58.1 Å². The van der Waals surface area contributed by atoms with Crippen LogP contribution in [0.15, 0.2) is 24.3 Å². The van der Waals surface area contributed by atoms with Gasteiger partial charge in [-0.15, -0.1) is 0 Å². The van der Waals surface area contributed by atoms with Crippen molar-refractivity contribution in [3.63, 3.8) is 0 Å². The number of carboxylic acid groups (broad SMARTS) is 2. The van der Waals surface area contributed by atoms with Crippen LogP contribution >= 0.6 is 0 Å². The fraction of sp³-hybridized carbons (Fsp3) is 0.524. The van der Waals surface area contributed by atoms with E-state index in [0.717, 1.165) is 19.3 Å². The average molecular weight is 438 g/mol. The highest BCUT2D eigenvalue weighted by Crippen LogP contribution is 2.14. The van der Waals surface area contributed by atoms with Gasteiger partial charge in [-0.1, -0.05) is 12.1 Å². The summed E-state index contributed by atoms with van der Waals surface area (Å²) in [6.45, 7) is 6.42. The van der Waals surface area contributed by atoms with Gasteiger partial charge in [0.2, 0.25) is 0 Å². The Labute approximate surface area is 180 Å². The SMILES string of the molecule is CC(C)(C)OC(=O)NCCCCCOc1ccc(C[C@@H](NC(=O)C(=O)O)C(=O)O)cc1. The van der Waals surface area contributed by atoms with Crippen molar-refractivity contribution in [1.82, 2.24) is 10.6 Å². The molecular weight excluding hydrogens is 408 g/mol. The smallest absolute Gasteiger partial charge is 0.407 e. The van der Waals surface area contributed by atoms with Gasteiger partial charge in [-0.25, -0.2) is 14.4 Å². The van der Waals surface area contributed by atoms with Gasteiger partial charge in [-0.05, 0) is 57.7 Å². The predicted octanol–water partition coefficient (Wildman–Crippen LogP) is 1.96. The zero-order valence-corrected chi connectivity index (χ0v) is 18.0. The first-order chi connectivity index (χ1) is 14.5. The molecule has 1 rings (SSSR count). The highest BCUT2D eigenvalue weighted by atomic mass is 16.6. The molecule has 0 unspecified atom stereocenters. The van der Waals surface area contributed by atoms with Crippen LogP contribution in [0.1, 0.15) is 45.6 Å². The Kier molecular flexibility index (Phi) is 10.3. The molecule has 4 N–H and O–H groups in total. The number of amides is 2. The molecule has 0 heterocycles. The van der Waals surface area contributed by atoms with E-state index in [1.54, 1.807) is 45.0 Å². The summed E-state index contributed by atoms with van der Waals surface area (Å²) in [6, 6.07) is 5.32. The Hall–Kier alpha value is -3.30. The number of alkyl carbamates (subject to hydrolysis) is 1. The lowest BCUT2D eigenvalue weighted by Gasteiger charge is -2.19. The lowest BCUT2D eigenvalue weighted by molar-refractivity contribution is -0.152. The first kappa shape index (κ1) is 25.7. The third-order valence-electron chi connectivity index (χ3n) is 3.92. The summed E-state index contributed by atoms with van der Waals surface area (Å²) in [5.41, 5.74) is 0.0904. The van der Waals surface area contributed by atoms with Gasteiger partial charge in [0.05, 0.1) is 6.61 Å². The number of carbonyl (C=O) groups excluding carboxylic acids is 2. The molecule has 0 aliphatic carbocycles. The largest absolute Gasteiger partial charge is 0.494 e. The van der Waals surface area contributed by atoms with E-state index in [0.29, 0.717) is 24.5 Å². The summed E-state index contributed by atoms with van der Waals surface area (Å²) < 4.78 is 10.8. The van der Waals surface area contributed by atoms with E-state index in [2.05, 4.69) is 5.32 Å². The fourth-order valence-electron chi connectivity index (χ4n) is 2.48. The Morgan fingerprint density at radius 1 is 1.00 bits per heavy atom. The highest BCUT2D eigenvalue weighted by Gasteiger charge is 2.23. The van der Waals surface area contributed by atoms with Crippen LogP contribution in [0.25, 0.3) is 0 Å². The van der Waals surface area contributed by atoms with Gasteiger partial charge in [-0.3, -0.25) is 4.79 Å². The molecule has 10 heteroatoms. The first-order valence-electron chi connectivity index (χ1n) is 9.93. The summed E-state index contributed by atoms with van der Waals surface area (Å²) in [6.07, 6.45) is 1.95. The number of hydrogen-bond acceptors (Lipinski definition) is 6. The van der Waals surface area contributed by atoms with Crippen molar-refractivity contribution in [3.8, 4) is 5.75 Å². The number of hydrogen-bond donors (Lipinski definition) is 4. The van der Waals surface area contributed by atoms with Crippen molar-refractivity contribution < 1.29 is 38.9 Å². The van der Waals surface area contributed by atoms with Crippen LogP contribution in [0.5, 0.6) is 5.75 Å². The van der Waals surface area contributed by atoms with Gasteiger partial charge in [0.15, 0.2) is 0 Å². The minimum atomic E-state index is -1.74. The molecule has 0 spiro atoms. The third-order valence-corrected chi connectivity index (χ3v) is 3.92. The van der Waals surface area contributed by atoms with Gasteiger partial charge >= 0.3 is 23.9 Å². The van der Waals surface area contributed by atoms with E-state index in [4.69, 9.17) is 19.7 Å². The molecule has 0 fully saturated rings. The van der Waals surface area contributed by atoms with Crippen molar-refractivity contribution >= 4 is 23.9 Å². The van der Waals surface area contributed by atoms with Crippen molar-refractivity contribution in [1.29, 1.82) is 0 Å². The lowest BCUT2D eigenvalue weighted by atomic mass is 10.1. The molecule has 0 aromatic heterocycles. The van der Waals surface area contributed by atoms with Gasteiger partial charge < -0.3 is 30.3 Å². The van der Waals surface area contributed by atoms with E-state index < -0.39 is 35.6 Å². The number of carbonyl (C=O) groups is 4. The quantitative estimate of drug-likeness (QED) is 0.302. The molecule has 172 valence electrons. The molecule has 31 heavy (non-hydrogen) atoms. The van der Waals surface area contributed by atoms with Crippen LogP contribution in [0, 0.1) is 0 Å². The van der Waals surface area contributed by atoms with Crippen LogP contribution in [0.2, 0.25) is 0 Å². The second kappa shape index (κ2) is 12.4. The minimum absolute atomic E-state index is 0.0563. The van der Waals surface area contributed by atoms with E-state index >= 15 is 0 Å². The molecule has 0 bridgehead atoms. The fourth-order valence-corrected chi connectivity index (χ4v) is 2.48. The number of unbranched alkanes of at least 4 members (excludes halogenated alkanes) is 2. The predicted molar refractivity (Wildman–Crippen MR) is 111 cm³/mol. The Bertz CT molecular complexity index is 756. The van der Waals surface area contributed by atoms with Crippen molar-refractivity contribution in [2.24, 2.45) is 0 Å². The Balaban J connectivity index is 2.30. The summed E-state index contributed by atoms with van der Waals surface area (Å²) >= 11 is 0. The third kappa shape index (κ3) is 11.5. The molecule has 1 aromatic rings. The summed E-state index contributed by atoms with van der Waals surface area (Å²) in [7, 11) is 0. The maximum Gasteiger partial charge on any atom is 0.407 e. The first-order valence-corrected chi connectivity index (χ1v) is 9.93. The number of aliphatic carboxylic acids is 2. The Morgan fingerprint density at radius 3 is 2.19 bits per heavy atom. The Morgan fingerprint density at radius 2 is 1.65 bits per heavy atom. The number of ether oxygens (including phenoxy) is 2. The van der Waals surface area contributed by atoms with Crippen LogP contribution in [-0.2, 0) is 25.5 Å². The van der Waals surface area contributed by atoms with E-state index in [1.165, 1.54) is 0 Å². The molecule has 0 radical (unpaired) electrons. The molecule has 1 aromatic carbocycles. The second-order valence-corrected chi connectivity index (χ2v) is 7.86. The molecule has 0 aliphatic heterocycles. The van der Waals surface area contributed by atoms with E-state index in [9.17, 15) is 19.2 Å². The summed E-state index contributed by atoms with van der Waals surface area (Å²) in [5, 5.41) is 22.4. The summed E-state index contributed by atoms with van der Waals surface area (Å²) in [5.74, 6) is -3.82. The number of carboxylic acids is 2. The monoisotopic (exact) mass is 438 g/mol. The van der Waals surface area contributed by atoms with Gasteiger partial charge in [-0.2, -0.15) is 0 Å².